The third-order valence-corrected chi connectivity index (χ3v) is 6.58. The summed E-state index contributed by atoms with van der Waals surface area (Å²) in [5.41, 5.74) is 8.69. The summed E-state index contributed by atoms with van der Waals surface area (Å²) in [7, 11) is -3.10. The molecule has 0 aliphatic carbocycles. The van der Waals surface area contributed by atoms with Crippen molar-refractivity contribution in [1.29, 1.82) is 0 Å². The highest BCUT2D eigenvalue weighted by molar-refractivity contribution is 7.50. The first-order chi connectivity index (χ1) is 16.6. The van der Waals surface area contributed by atoms with Crippen LogP contribution >= 0.6 is 7.75 Å². The smallest absolute Gasteiger partial charge is 0.358 e. The number of aryl methyl sites for hydroxylation is 1. The van der Waals surface area contributed by atoms with Crippen LogP contribution in [0.25, 0.3) is 10.4 Å². The maximum Gasteiger partial charge on any atom is 0.403 e. The molecule has 4 N–H and O–H groups in total. The Kier molecular flexibility index (Phi) is 8.62. The summed E-state index contributed by atoms with van der Waals surface area (Å²) in [4.78, 5) is 51.4. The van der Waals surface area contributed by atoms with Gasteiger partial charge in [-0.3, -0.25) is 23.7 Å². The summed E-state index contributed by atoms with van der Waals surface area (Å²) < 4.78 is 24.8. The standard InChI is InChI=1S/C20H26N7O7P/c1-12-10-27(20(30)23-18(12)28)17-9-14(24-26-21)16(34-17)11-33-35(31,32)25-15(19(29)22-2)8-13-6-4-3-5-7-13/h3-7,10,14-17H,8-9,11H2,1-2H3,(H,22,29)(H,23,28,30)(H2,25,31,32)/t14?,15-,16+,17+/m0/s1. The Labute approximate surface area is 199 Å². The second kappa shape index (κ2) is 11.5. The predicted octanol–water partition coefficient (Wildman–Crippen LogP) is 0.875. The summed E-state index contributed by atoms with van der Waals surface area (Å²) in [5.74, 6) is -0.510. The minimum absolute atomic E-state index is 0.0709. The van der Waals surface area contributed by atoms with Gasteiger partial charge in [-0.05, 0) is 24.4 Å². The molecule has 1 amide bonds. The molecule has 1 aromatic heterocycles. The molecular formula is C20H26N7O7P. The zero-order valence-electron chi connectivity index (χ0n) is 19.0. The number of carbonyl (C=O) groups excluding carboxylic acids is 1. The Bertz CT molecular complexity index is 1260. The highest BCUT2D eigenvalue weighted by Crippen LogP contribution is 2.40. The van der Waals surface area contributed by atoms with Gasteiger partial charge < -0.3 is 14.9 Å². The van der Waals surface area contributed by atoms with Gasteiger partial charge >= 0.3 is 13.4 Å². The Hall–Kier alpha value is -3.25. The average Bonchev–Trinajstić information content (AvgIpc) is 3.22. The van der Waals surface area contributed by atoms with Crippen LogP contribution in [0.2, 0.25) is 0 Å². The predicted molar refractivity (Wildman–Crippen MR) is 124 cm³/mol. The molecule has 1 aliphatic heterocycles. The largest absolute Gasteiger partial charge is 0.403 e. The molecule has 0 spiro atoms. The van der Waals surface area contributed by atoms with Crippen LogP contribution in [0.4, 0.5) is 0 Å². The highest BCUT2D eigenvalue weighted by Gasteiger charge is 2.38. The molecule has 2 aromatic rings. The monoisotopic (exact) mass is 507 g/mol. The summed E-state index contributed by atoms with van der Waals surface area (Å²) in [5, 5.41) is 8.43. The van der Waals surface area contributed by atoms with Crippen LogP contribution in [0.15, 0.2) is 51.2 Å². The number of amides is 1. The Morgan fingerprint density at radius 3 is 2.80 bits per heavy atom. The molecule has 1 saturated heterocycles. The van der Waals surface area contributed by atoms with Gasteiger partial charge in [0.25, 0.3) is 5.56 Å². The van der Waals surface area contributed by atoms with E-state index in [0.717, 1.165) is 10.1 Å². The summed E-state index contributed by atoms with van der Waals surface area (Å²) >= 11 is 0. The Morgan fingerprint density at radius 2 is 2.14 bits per heavy atom. The Balaban J connectivity index is 1.70. The van der Waals surface area contributed by atoms with E-state index >= 15 is 0 Å². The number of hydrogen-bond donors (Lipinski definition) is 4. The number of carbonyl (C=O) groups is 1. The minimum atomic E-state index is -4.51. The average molecular weight is 507 g/mol. The fraction of sp³-hybridized carbons (Fsp3) is 0.450. The topological polar surface area (TPSA) is 201 Å². The molecule has 2 heterocycles. The third kappa shape index (κ3) is 6.89. The second-order valence-electron chi connectivity index (χ2n) is 7.92. The van der Waals surface area contributed by atoms with Crippen molar-refractivity contribution in [2.24, 2.45) is 5.11 Å². The van der Waals surface area contributed by atoms with Crippen molar-refractivity contribution < 1.29 is 23.5 Å². The number of nitrogens with zero attached hydrogens (tertiary/aromatic N) is 4. The molecule has 15 heteroatoms. The van der Waals surface area contributed by atoms with Crippen molar-refractivity contribution in [3.8, 4) is 0 Å². The SMILES string of the molecule is CNC(=O)[C@H](Cc1ccccc1)NP(=O)(O)OC[C@H]1O[C@@H](n2cc(C)c(=O)[nH]c2=O)CC1N=[N+]=[N-]. The van der Waals surface area contributed by atoms with Gasteiger partial charge in [-0.2, -0.15) is 0 Å². The number of benzene rings is 1. The third-order valence-electron chi connectivity index (χ3n) is 5.44. The van der Waals surface area contributed by atoms with E-state index in [0.29, 0.717) is 0 Å². The normalized spacial score (nSPS) is 22.1. The van der Waals surface area contributed by atoms with Crippen molar-refractivity contribution in [3.05, 3.63) is 78.9 Å². The van der Waals surface area contributed by atoms with E-state index in [9.17, 15) is 23.8 Å². The number of nitrogens with one attached hydrogen (secondary N) is 3. The van der Waals surface area contributed by atoms with E-state index in [1.54, 1.807) is 24.3 Å². The van der Waals surface area contributed by atoms with Gasteiger partial charge in [-0.1, -0.05) is 35.4 Å². The van der Waals surface area contributed by atoms with Crippen LogP contribution in [-0.4, -0.2) is 52.2 Å². The molecule has 35 heavy (non-hydrogen) atoms. The van der Waals surface area contributed by atoms with E-state index < -0.39 is 55.9 Å². The highest BCUT2D eigenvalue weighted by atomic mass is 31.2. The van der Waals surface area contributed by atoms with Gasteiger partial charge in [-0.25, -0.2) is 14.4 Å². The fourth-order valence-electron chi connectivity index (χ4n) is 3.65. The van der Waals surface area contributed by atoms with Gasteiger partial charge in [0.05, 0.1) is 18.8 Å². The van der Waals surface area contributed by atoms with Crippen LogP contribution in [-0.2, 0) is 25.0 Å². The lowest BCUT2D eigenvalue weighted by Crippen LogP contribution is -2.43. The van der Waals surface area contributed by atoms with Gasteiger partial charge in [0, 0.05) is 30.1 Å². The number of ether oxygens (including phenoxy) is 1. The zero-order valence-corrected chi connectivity index (χ0v) is 19.9. The van der Waals surface area contributed by atoms with E-state index in [4.69, 9.17) is 14.8 Å². The first-order valence-electron chi connectivity index (χ1n) is 10.7. The molecule has 0 saturated carbocycles. The summed E-state index contributed by atoms with van der Waals surface area (Å²) in [6, 6.07) is 7.04. The van der Waals surface area contributed by atoms with Crippen molar-refractivity contribution in [3.63, 3.8) is 0 Å². The van der Waals surface area contributed by atoms with E-state index in [2.05, 4.69) is 25.4 Å². The quantitative estimate of drug-likeness (QED) is 0.157. The molecule has 188 valence electrons. The number of azide groups is 1. The molecule has 1 aromatic carbocycles. The first-order valence-corrected chi connectivity index (χ1v) is 12.2. The minimum Gasteiger partial charge on any atom is -0.358 e. The lowest BCUT2D eigenvalue weighted by Gasteiger charge is -2.23. The molecular weight excluding hydrogens is 481 g/mol. The first kappa shape index (κ1) is 26.4. The lowest BCUT2D eigenvalue weighted by molar-refractivity contribution is -0.122. The molecule has 1 aliphatic rings. The van der Waals surface area contributed by atoms with Crippen LogP contribution < -0.4 is 21.7 Å². The molecule has 0 radical (unpaired) electrons. The summed E-state index contributed by atoms with van der Waals surface area (Å²) in [6.45, 7) is 1.05. The van der Waals surface area contributed by atoms with Crippen LogP contribution in [0, 0.1) is 6.92 Å². The van der Waals surface area contributed by atoms with Crippen molar-refractivity contribution in [2.45, 2.75) is 44.2 Å². The second-order valence-corrected chi connectivity index (χ2v) is 9.47. The molecule has 0 bridgehead atoms. The number of aromatic nitrogens is 2. The van der Waals surface area contributed by atoms with E-state index in [-0.39, 0.29) is 18.4 Å². The van der Waals surface area contributed by atoms with Gasteiger partial charge in [0.15, 0.2) is 0 Å². The van der Waals surface area contributed by atoms with Crippen LogP contribution in [0.3, 0.4) is 0 Å². The summed E-state index contributed by atoms with van der Waals surface area (Å²) in [6.07, 6.45) is -0.346. The van der Waals surface area contributed by atoms with Gasteiger partial charge in [-0.15, -0.1) is 0 Å². The molecule has 3 rings (SSSR count). The maximum absolute atomic E-state index is 12.7. The van der Waals surface area contributed by atoms with Gasteiger partial charge in [0.2, 0.25) is 5.91 Å². The number of H-pyrrole nitrogens is 1. The fourth-order valence-corrected chi connectivity index (χ4v) is 4.68. The molecule has 14 nitrogen and oxygen atoms in total. The number of rotatable bonds is 10. The molecule has 5 atom stereocenters. The number of likely N-dealkylation sites (N-methyl/N-ethyl adjacent to an activating group) is 1. The van der Waals surface area contributed by atoms with E-state index in [1.165, 1.54) is 20.2 Å². The molecule has 1 fully saturated rings. The van der Waals surface area contributed by atoms with Gasteiger partial charge in [0.1, 0.15) is 12.3 Å². The number of hydrogen-bond acceptors (Lipinski definition) is 7. The van der Waals surface area contributed by atoms with Crippen molar-refractivity contribution in [2.75, 3.05) is 13.7 Å². The van der Waals surface area contributed by atoms with Crippen molar-refractivity contribution in [1.82, 2.24) is 20.0 Å². The maximum atomic E-state index is 12.7. The lowest BCUT2D eigenvalue weighted by atomic mass is 10.1. The van der Waals surface area contributed by atoms with Crippen LogP contribution in [0.5, 0.6) is 0 Å². The van der Waals surface area contributed by atoms with Crippen LogP contribution in [0.1, 0.15) is 23.8 Å². The Morgan fingerprint density at radius 1 is 1.43 bits per heavy atom. The van der Waals surface area contributed by atoms with E-state index in [1.807, 2.05) is 6.07 Å². The number of aromatic amines is 1. The zero-order chi connectivity index (χ0) is 25.6. The molecule has 2 unspecified atom stereocenters. The van der Waals surface area contributed by atoms with Crippen molar-refractivity contribution >= 4 is 13.7 Å².